The number of ketones is 1. The van der Waals surface area contributed by atoms with Gasteiger partial charge in [-0.1, -0.05) is 6.07 Å². The van der Waals surface area contributed by atoms with Gasteiger partial charge in [0.2, 0.25) is 5.91 Å². The Bertz CT molecular complexity index is 716. The number of nitrogens with one attached hydrogen (secondary N) is 1. The number of halogens is 1. The predicted molar refractivity (Wildman–Crippen MR) is 88.8 cm³/mol. The summed E-state index contributed by atoms with van der Waals surface area (Å²) in [5.74, 6) is -0.166. The molecule has 23 heavy (non-hydrogen) atoms. The van der Waals surface area contributed by atoms with Crippen molar-refractivity contribution in [3.63, 3.8) is 0 Å². The van der Waals surface area contributed by atoms with Gasteiger partial charge in [-0.3, -0.25) is 9.59 Å². The van der Waals surface area contributed by atoms with E-state index < -0.39 is 5.82 Å². The Morgan fingerprint density at radius 3 is 2.43 bits per heavy atom. The smallest absolute Gasteiger partial charge is 0.234 e. The number of methoxy groups -OCH3 is 1. The number of thioether (sulfide) groups is 1. The SMILES string of the molecule is COc1ccc(NC(=O)CSc2ccc(C(C)=O)cc2F)cc1. The molecule has 0 saturated heterocycles. The first kappa shape index (κ1) is 17.0. The number of ether oxygens (including phenoxy) is 1. The summed E-state index contributed by atoms with van der Waals surface area (Å²) in [6, 6.07) is 11.2. The van der Waals surface area contributed by atoms with E-state index in [2.05, 4.69) is 5.32 Å². The summed E-state index contributed by atoms with van der Waals surface area (Å²) >= 11 is 1.08. The van der Waals surface area contributed by atoms with Crippen LogP contribution in [0.2, 0.25) is 0 Å². The van der Waals surface area contributed by atoms with Gasteiger partial charge in [0.15, 0.2) is 5.78 Å². The summed E-state index contributed by atoms with van der Waals surface area (Å²) in [7, 11) is 1.57. The lowest BCUT2D eigenvalue weighted by molar-refractivity contribution is -0.113. The highest BCUT2D eigenvalue weighted by Gasteiger charge is 2.09. The van der Waals surface area contributed by atoms with Gasteiger partial charge in [0, 0.05) is 16.1 Å². The summed E-state index contributed by atoms with van der Waals surface area (Å²) in [4.78, 5) is 23.4. The lowest BCUT2D eigenvalue weighted by Gasteiger charge is -2.07. The van der Waals surface area contributed by atoms with Gasteiger partial charge < -0.3 is 10.1 Å². The molecule has 0 aromatic heterocycles. The maximum Gasteiger partial charge on any atom is 0.234 e. The molecule has 2 rings (SSSR count). The van der Waals surface area contributed by atoms with E-state index in [0.29, 0.717) is 21.9 Å². The van der Waals surface area contributed by atoms with E-state index in [0.717, 1.165) is 11.8 Å². The van der Waals surface area contributed by atoms with E-state index in [4.69, 9.17) is 4.74 Å². The van der Waals surface area contributed by atoms with Gasteiger partial charge in [-0.15, -0.1) is 11.8 Å². The predicted octanol–water partition coefficient (Wildman–Crippen LogP) is 3.77. The van der Waals surface area contributed by atoms with E-state index in [1.54, 1.807) is 37.4 Å². The van der Waals surface area contributed by atoms with Crippen LogP contribution in [-0.2, 0) is 4.79 Å². The molecular weight excluding hydrogens is 317 g/mol. The Morgan fingerprint density at radius 2 is 1.87 bits per heavy atom. The van der Waals surface area contributed by atoms with Crippen LogP contribution in [0.25, 0.3) is 0 Å². The van der Waals surface area contributed by atoms with Gasteiger partial charge >= 0.3 is 0 Å². The van der Waals surface area contributed by atoms with Crippen LogP contribution in [-0.4, -0.2) is 24.6 Å². The fraction of sp³-hybridized carbons (Fsp3) is 0.176. The van der Waals surface area contributed by atoms with Crippen molar-refractivity contribution in [3.05, 3.63) is 53.8 Å². The molecule has 0 unspecified atom stereocenters. The van der Waals surface area contributed by atoms with E-state index in [-0.39, 0.29) is 17.4 Å². The molecular formula is C17H16FNO3S. The number of rotatable bonds is 6. The first-order valence-electron chi connectivity index (χ1n) is 6.87. The monoisotopic (exact) mass is 333 g/mol. The number of benzene rings is 2. The van der Waals surface area contributed by atoms with E-state index in [9.17, 15) is 14.0 Å². The lowest BCUT2D eigenvalue weighted by atomic mass is 10.1. The molecule has 1 N–H and O–H groups in total. The summed E-state index contributed by atoms with van der Waals surface area (Å²) in [5, 5.41) is 2.72. The normalized spacial score (nSPS) is 10.2. The molecule has 6 heteroatoms. The largest absolute Gasteiger partial charge is 0.497 e. The second kappa shape index (κ2) is 7.78. The molecule has 1 amide bonds. The third-order valence-corrected chi connectivity index (χ3v) is 4.12. The number of Topliss-reactive ketones (excluding diaryl/α,β-unsaturated/α-hetero) is 1. The molecule has 0 fully saturated rings. The van der Waals surface area contributed by atoms with Crippen LogP contribution in [0.3, 0.4) is 0 Å². The Labute approximate surface area is 138 Å². The molecule has 2 aromatic carbocycles. The van der Waals surface area contributed by atoms with Crippen molar-refractivity contribution in [2.24, 2.45) is 0 Å². The van der Waals surface area contributed by atoms with Gasteiger partial charge in [-0.05, 0) is 43.3 Å². The van der Waals surface area contributed by atoms with Gasteiger partial charge in [0.25, 0.3) is 0 Å². The number of amides is 1. The molecule has 0 aliphatic carbocycles. The zero-order valence-corrected chi connectivity index (χ0v) is 13.6. The quantitative estimate of drug-likeness (QED) is 0.646. The Hall–Kier alpha value is -2.34. The van der Waals surface area contributed by atoms with Crippen LogP contribution < -0.4 is 10.1 Å². The highest BCUT2D eigenvalue weighted by Crippen LogP contribution is 2.23. The molecule has 0 heterocycles. The van der Waals surface area contributed by atoms with E-state index in [1.165, 1.54) is 19.1 Å². The summed E-state index contributed by atoms with van der Waals surface area (Å²) in [6.07, 6.45) is 0. The Morgan fingerprint density at radius 1 is 1.17 bits per heavy atom. The lowest BCUT2D eigenvalue weighted by Crippen LogP contribution is -2.14. The topological polar surface area (TPSA) is 55.4 Å². The minimum Gasteiger partial charge on any atom is -0.497 e. The van der Waals surface area contributed by atoms with E-state index >= 15 is 0 Å². The molecule has 0 spiro atoms. The van der Waals surface area contributed by atoms with Gasteiger partial charge in [-0.25, -0.2) is 4.39 Å². The average Bonchev–Trinajstić information content (AvgIpc) is 2.54. The van der Waals surface area contributed by atoms with Crippen molar-refractivity contribution in [3.8, 4) is 5.75 Å². The van der Waals surface area contributed by atoms with Crippen LogP contribution in [0.4, 0.5) is 10.1 Å². The molecule has 0 aliphatic heterocycles. The second-order valence-electron chi connectivity index (χ2n) is 4.77. The molecule has 120 valence electrons. The van der Waals surface area contributed by atoms with Gasteiger partial charge in [0.05, 0.1) is 12.9 Å². The average molecular weight is 333 g/mol. The molecule has 0 saturated carbocycles. The molecule has 2 aromatic rings. The highest BCUT2D eigenvalue weighted by atomic mass is 32.2. The van der Waals surface area contributed by atoms with Crippen LogP contribution in [0.15, 0.2) is 47.4 Å². The third kappa shape index (κ3) is 4.82. The van der Waals surface area contributed by atoms with Crippen molar-refractivity contribution < 1.29 is 18.7 Å². The summed E-state index contributed by atoms with van der Waals surface area (Å²) in [5.41, 5.74) is 0.957. The van der Waals surface area contributed by atoms with Crippen LogP contribution in [0, 0.1) is 5.82 Å². The zero-order valence-electron chi connectivity index (χ0n) is 12.8. The standard InChI is InChI=1S/C17H16FNO3S/c1-11(20)12-3-8-16(15(18)9-12)23-10-17(21)19-13-4-6-14(22-2)7-5-13/h3-9H,10H2,1-2H3,(H,19,21). The number of hydrogen-bond donors (Lipinski definition) is 1. The zero-order chi connectivity index (χ0) is 16.8. The molecule has 0 aliphatic rings. The first-order chi connectivity index (χ1) is 11.0. The Balaban J connectivity index is 1.92. The number of carbonyl (C=O) groups is 2. The minimum absolute atomic E-state index is 0.0718. The third-order valence-electron chi connectivity index (χ3n) is 3.07. The van der Waals surface area contributed by atoms with Crippen LogP contribution in [0.1, 0.15) is 17.3 Å². The van der Waals surface area contributed by atoms with E-state index in [1.807, 2.05) is 0 Å². The first-order valence-corrected chi connectivity index (χ1v) is 7.85. The fourth-order valence-electron chi connectivity index (χ4n) is 1.85. The van der Waals surface area contributed by atoms with Crippen molar-refractivity contribution in [1.82, 2.24) is 0 Å². The molecule has 0 atom stereocenters. The maximum absolute atomic E-state index is 13.9. The van der Waals surface area contributed by atoms with Crippen LogP contribution >= 0.6 is 11.8 Å². The number of carbonyl (C=O) groups excluding carboxylic acids is 2. The molecule has 0 radical (unpaired) electrons. The van der Waals surface area contributed by atoms with Crippen molar-refractivity contribution >= 4 is 29.1 Å². The Kier molecular flexibility index (Phi) is 5.76. The second-order valence-corrected chi connectivity index (χ2v) is 5.78. The molecule has 4 nitrogen and oxygen atoms in total. The van der Waals surface area contributed by atoms with Gasteiger partial charge in [-0.2, -0.15) is 0 Å². The molecule has 0 bridgehead atoms. The summed E-state index contributed by atoms with van der Waals surface area (Å²) in [6.45, 7) is 1.38. The maximum atomic E-state index is 13.9. The fourth-order valence-corrected chi connectivity index (χ4v) is 2.57. The van der Waals surface area contributed by atoms with Crippen molar-refractivity contribution in [1.29, 1.82) is 0 Å². The van der Waals surface area contributed by atoms with Gasteiger partial charge in [0.1, 0.15) is 11.6 Å². The number of anilines is 1. The van der Waals surface area contributed by atoms with Crippen LogP contribution in [0.5, 0.6) is 5.75 Å². The highest BCUT2D eigenvalue weighted by molar-refractivity contribution is 8.00. The minimum atomic E-state index is -0.500. The van der Waals surface area contributed by atoms with Crippen molar-refractivity contribution in [2.75, 3.05) is 18.2 Å². The van der Waals surface area contributed by atoms with Crippen molar-refractivity contribution in [2.45, 2.75) is 11.8 Å². The summed E-state index contributed by atoms with van der Waals surface area (Å²) < 4.78 is 18.9. The number of hydrogen-bond acceptors (Lipinski definition) is 4.